The fourth-order valence-corrected chi connectivity index (χ4v) is 1.94. The predicted molar refractivity (Wildman–Crippen MR) is 50.4 cm³/mol. The van der Waals surface area contributed by atoms with E-state index in [1.54, 1.807) is 0 Å². The van der Waals surface area contributed by atoms with Crippen LogP contribution in [0.25, 0.3) is 0 Å². The SMILES string of the molecule is NCCCOCC1CC2C=CC1O2. The van der Waals surface area contributed by atoms with E-state index >= 15 is 0 Å². The van der Waals surface area contributed by atoms with Crippen LogP contribution in [-0.4, -0.2) is 32.0 Å². The topological polar surface area (TPSA) is 44.5 Å². The van der Waals surface area contributed by atoms with Gasteiger partial charge >= 0.3 is 0 Å². The summed E-state index contributed by atoms with van der Waals surface area (Å²) in [6.07, 6.45) is 7.09. The number of nitrogens with two attached hydrogens (primary N) is 1. The Morgan fingerprint density at radius 3 is 3.00 bits per heavy atom. The summed E-state index contributed by atoms with van der Waals surface area (Å²) in [6, 6.07) is 0. The summed E-state index contributed by atoms with van der Waals surface area (Å²) in [5, 5.41) is 0. The lowest BCUT2D eigenvalue weighted by Gasteiger charge is -2.15. The molecule has 74 valence electrons. The van der Waals surface area contributed by atoms with Crippen LogP contribution in [0, 0.1) is 5.92 Å². The molecule has 0 aliphatic carbocycles. The Kier molecular flexibility index (Phi) is 2.98. The third-order valence-electron chi connectivity index (χ3n) is 2.67. The molecular formula is C10H17NO2. The minimum absolute atomic E-state index is 0.322. The van der Waals surface area contributed by atoms with Crippen molar-refractivity contribution in [3.8, 4) is 0 Å². The molecule has 3 nitrogen and oxygen atoms in total. The molecule has 0 aromatic carbocycles. The minimum Gasteiger partial charge on any atom is -0.381 e. The van der Waals surface area contributed by atoms with Gasteiger partial charge in [-0.05, 0) is 19.4 Å². The summed E-state index contributed by atoms with van der Waals surface area (Å²) < 4.78 is 11.1. The summed E-state index contributed by atoms with van der Waals surface area (Å²) in [7, 11) is 0. The van der Waals surface area contributed by atoms with Crippen LogP contribution in [0.15, 0.2) is 12.2 Å². The Bertz CT molecular complexity index is 193. The van der Waals surface area contributed by atoms with E-state index < -0.39 is 0 Å². The number of fused-ring (bicyclic) bond motifs is 2. The van der Waals surface area contributed by atoms with Gasteiger partial charge in [0, 0.05) is 12.5 Å². The van der Waals surface area contributed by atoms with E-state index in [4.69, 9.17) is 15.2 Å². The van der Waals surface area contributed by atoms with E-state index in [1.807, 2.05) is 0 Å². The van der Waals surface area contributed by atoms with Crippen molar-refractivity contribution < 1.29 is 9.47 Å². The summed E-state index contributed by atoms with van der Waals surface area (Å²) in [4.78, 5) is 0. The van der Waals surface area contributed by atoms with Crippen LogP contribution in [-0.2, 0) is 9.47 Å². The molecule has 1 saturated heterocycles. The Balaban J connectivity index is 1.64. The van der Waals surface area contributed by atoms with Crippen molar-refractivity contribution in [2.24, 2.45) is 11.7 Å². The molecule has 2 heterocycles. The molecule has 2 N–H and O–H groups in total. The molecule has 2 aliphatic rings. The van der Waals surface area contributed by atoms with Gasteiger partial charge in [0.25, 0.3) is 0 Å². The lowest BCUT2D eigenvalue weighted by molar-refractivity contribution is 0.0625. The molecule has 1 fully saturated rings. The lowest BCUT2D eigenvalue weighted by Crippen LogP contribution is -2.19. The zero-order valence-electron chi connectivity index (χ0n) is 7.82. The van der Waals surface area contributed by atoms with Crippen LogP contribution in [0.4, 0.5) is 0 Å². The van der Waals surface area contributed by atoms with Crippen molar-refractivity contribution in [2.75, 3.05) is 19.8 Å². The van der Waals surface area contributed by atoms with Gasteiger partial charge in [0.1, 0.15) is 0 Å². The van der Waals surface area contributed by atoms with Gasteiger partial charge in [-0.15, -0.1) is 0 Å². The number of hydrogen-bond donors (Lipinski definition) is 1. The van der Waals surface area contributed by atoms with Crippen molar-refractivity contribution >= 4 is 0 Å². The average Bonchev–Trinajstić information content (AvgIpc) is 2.73. The highest BCUT2D eigenvalue weighted by atomic mass is 16.5. The fraction of sp³-hybridized carbons (Fsp3) is 0.800. The first kappa shape index (κ1) is 9.19. The highest BCUT2D eigenvalue weighted by Crippen LogP contribution is 2.33. The average molecular weight is 183 g/mol. The van der Waals surface area contributed by atoms with Gasteiger partial charge in [-0.2, -0.15) is 0 Å². The molecule has 2 rings (SSSR count). The van der Waals surface area contributed by atoms with Crippen LogP contribution in [0.1, 0.15) is 12.8 Å². The van der Waals surface area contributed by atoms with Crippen LogP contribution in [0.5, 0.6) is 0 Å². The second kappa shape index (κ2) is 4.22. The van der Waals surface area contributed by atoms with Crippen LogP contribution in [0.3, 0.4) is 0 Å². The summed E-state index contributed by atoms with van der Waals surface area (Å²) in [5.41, 5.74) is 5.37. The van der Waals surface area contributed by atoms with E-state index in [0.29, 0.717) is 24.7 Å². The standard InChI is InChI=1S/C10H17NO2/c11-4-1-5-12-7-8-6-9-2-3-10(8)13-9/h2-3,8-10H,1,4-7,11H2. The maximum Gasteiger partial charge on any atom is 0.0816 e. The quantitative estimate of drug-likeness (QED) is 0.504. The molecule has 0 spiro atoms. The molecular weight excluding hydrogens is 166 g/mol. The fourth-order valence-electron chi connectivity index (χ4n) is 1.94. The van der Waals surface area contributed by atoms with E-state index in [9.17, 15) is 0 Å². The molecule has 3 atom stereocenters. The molecule has 0 amide bonds. The van der Waals surface area contributed by atoms with Crippen LogP contribution in [0.2, 0.25) is 0 Å². The van der Waals surface area contributed by atoms with Gasteiger partial charge in [0.15, 0.2) is 0 Å². The van der Waals surface area contributed by atoms with Gasteiger partial charge in [-0.1, -0.05) is 12.2 Å². The highest BCUT2D eigenvalue weighted by molar-refractivity contribution is 5.10. The third kappa shape index (κ3) is 2.10. The Morgan fingerprint density at radius 1 is 1.46 bits per heavy atom. The third-order valence-corrected chi connectivity index (χ3v) is 2.67. The van der Waals surface area contributed by atoms with Crippen LogP contribution >= 0.6 is 0 Å². The summed E-state index contributed by atoms with van der Waals surface area (Å²) >= 11 is 0. The first-order valence-electron chi connectivity index (χ1n) is 5.02. The maximum atomic E-state index is 5.63. The normalized spacial score (nSPS) is 35.9. The zero-order chi connectivity index (χ0) is 9.10. The van der Waals surface area contributed by atoms with Crippen molar-refractivity contribution in [1.29, 1.82) is 0 Å². The predicted octanol–water partition coefficient (Wildman–Crippen LogP) is 0.695. The monoisotopic (exact) mass is 183 g/mol. The maximum absolute atomic E-state index is 5.63. The van der Waals surface area contributed by atoms with Gasteiger partial charge in [-0.25, -0.2) is 0 Å². The molecule has 2 aliphatic heterocycles. The Morgan fingerprint density at radius 2 is 2.38 bits per heavy atom. The van der Waals surface area contributed by atoms with E-state index in [-0.39, 0.29) is 0 Å². The summed E-state index contributed by atoms with van der Waals surface area (Å²) in [5.74, 6) is 0.577. The molecule has 13 heavy (non-hydrogen) atoms. The molecule has 2 bridgehead atoms. The first-order chi connectivity index (χ1) is 6.40. The van der Waals surface area contributed by atoms with Crippen molar-refractivity contribution in [3.63, 3.8) is 0 Å². The van der Waals surface area contributed by atoms with Crippen molar-refractivity contribution in [2.45, 2.75) is 25.0 Å². The minimum atomic E-state index is 0.322. The van der Waals surface area contributed by atoms with Crippen molar-refractivity contribution in [1.82, 2.24) is 0 Å². The van der Waals surface area contributed by atoms with E-state index in [2.05, 4.69) is 12.2 Å². The van der Waals surface area contributed by atoms with Crippen molar-refractivity contribution in [3.05, 3.63) is 12.2 Å². The van der Waals surface area contributed by atoms with Gasteiger partial charge in [0.2, 0.25) is 0 Å². The van der Waals surface area contributed by atoms with E-state index in [0.717, 1.165) is 26.1 Å². The van der Waals surface area contributed by atoms with Gasteiger partial charge in [0.05, 0.1) is 18.8 Å². The number of rotatable bonds is 5. The molecule has 0 radical (unpaired) electrons. The Hall–Kier alpha value is -0.380. The smallest absolute Gasteiger partial charge is 0.0816 e. The molecule has 0 saturated carbocycles. The van der Waals surface area contributed by atoms with E-state index in [1.165, 1.54) is 0 Å². The first-order valence-corrected chi connectivity index (χ1v) is 5.02. The largest absolute Gasteiger partial charge is 0.381 e. The number of hydrogen-bond acceptors (Lipinski definition) is 3. The second-order valence-electron chi connectivity index (χ2n) is 3.74. The highest BCUT2D eigenvalue weighted by Gasteiger charge is 2.36. The second-order valence-corrected chi connectivity index (χ2v) is 3.74. The van der Waals surface area contributed by atoms with Crippen LogP contribution < -0.4 is 5.73 Å². The molecule has 3 unspecified atom stereocenters. The summed E-state index contributed by atoms with van der Waals surface area (Å²) in [6.45, 7) is 2.33. The number of ether oxygens (including phenoxy) is 2. The molecule has 0 aromatic rings. The van der Waals surface area contributed by atoms with Gasteiger partial charge in [-0.3, -0.25) is 0 Å². The zero-order valence-corrected chi connectivity index (χ0v) is 7.82. The lowest BCUT2D eigenvalue weighted by atomic mass is 9.95. The molecule has 3 heteroatoms. The Labute approximate surface area is 78.9 Å². The van der Waals surface area contributed by atoms with Gasteiger partial charge < -0.3 is 15.2 Å². The molecule has 0 aromatic heterocycles.